The van der Waals surface area contributed by atoms with Crippen LogP contribution in [0.1, 0.15) is 29.4 Å². The molecule has 0 aliphatic carbocycles. The summed E-state index contributed by atoms with van der Waals surface area (Å²) in [5.41, 5.74) is 0.413. The molecule has 0 spiro atoms. The topological polar surface area (TPSA) is 81.1 Å². The molecule has 0 radical (unpaired) electrons. The van der Waals surface area contributed by atoms with Crippen LogP contribution in [0.15, 0.2) is 30.6 Å². The highest BCUT2D eigenvalue weighted by Crippen LogP contribution is 2.19. The van der Waals surface area contributed by atoms with Crippen molar-refractivity contribution in [2.45, 2.75) is 18.9 Å². The number of nitrogens with one attached hydrogen (secondary N) is 2. The number of pyridine rings is 1. The van der Waals surface area contributed by atoms with Crippen molar-refractivity contribution in [3.63, 3.8) is 0 Å². The van der Waals surface area contributed by atoms with Gasteiger partial charge in [0.15, 0.2) is 0 Å². The van der Waals surface area contributed by atoms with Crippen molar-refractivity contribution in [3.8, 4) is 5.88 Å². The molecule has 0 bridgehead atoms. The van der Waals surface area contributed by atoms with E-state index >= 15 is 0 Å². The molecule has 25 heavy (non-hydrogen) atoms. The number of halogens is 2. The van der Waals surface area contributed by atoms with Crippen LogP contribution in [-0.2, 0) is 0 Å². The molecule has 1 unspecified atom stereocenters. The van der Waals surface area contributed by atoms with Gasteiger partial charge in [-0.05, 0) is 37.6 Å². The Hall–Kier alpha value is -1.83. The molecule has 7 nitrogen and oxygen atoms in total. The molecule has 2 N–H and O–H groups in total. The van der Waals surface area contributed by atoms with Crippen LogP contribution in [0.4, 0.5) is 0 Å². The summed E-state index contributed by atoms with van der Waals surface area (Å²) in [6, 6.07) is 5.49. The van der Waals surface area contributed by atoms with Crippen molar-refractivity contribution >= 4 is 29.9 Å². The van der Waals surface area contributed by atoms with E-state index in [1.54, 1.807) is 24.4 Å². The maximum absolute atomic E-state index is 12.1. The lowest BCUT2D eigenvalue weighted by Crippen LogP contribution is -2.32. The smallest absolute Gasteiger partial charge is 0.271 e. The number of aromatic nitrogens is 3. The maximum Gasteiger partial charge on any atom is 0.271 e. The first kappa shape index (κ1) is 19.5. The lowest BCUT2D eigenvalue weighted by molar-refractivity contribution is 0.0940. The number of nitrogens with zero attached hydrogens (tertiary/aromatic N) is 3. The van der Waals surface area contributed by atoms with E-state index in [1.165, 1.54) is 0 Å². The standard InChI is InChI=1S/C16H20ClN5O2.ClH/c17-13-4-2-7-20-16(13)24-10-8-19-15(23)14-5-9-22(21-14)12-3-1-6-18-11-12;/h2,4-5,7,9,12,18H,1,3,6,8,10-11H2,(H,19,23);1H. The molecule has 1 aliphatic rings. The average Bonchev–Trinajstić information content (AvgIpc) is 3.11. The van der Waals surface area contributed by atoms with Crippen molar-refractivity contribution in [2.75, 3.05) is 26.2 Å². The van der Waals surface area contributed by atoms with Crippen molar-refractivity contribution in [1.82, 2.24) is 25.4 Å². The minimum atomic E-state index is -0.215. The van der Waals surface area contributed by atoms with Gasteiger partial charge in [-0.25, -0.2) is 4.98 Å². The second-order valence-corrected chi connectivity index (χ2v) is 5.98. The van der Waals surface area contributed by atoms with Gasteiger partial charge in [0.1, 0.15) is 17.3 Å². The highest BCUT2D eigenvalue weighted by molar-refractivity contribution is 6.31. The maximum atomic E-state index is 12.1. The van der Waals surface area contributed by atoms with E-state index < -0.39 is 0 Å². The normalized spacial score (nSPS) is 16.8. The van der Waals surface area contributed by atoms with E-state index in [4.69, 9.17) is 16.3 Å². The molecule has 2 aromatic rings. The largest absolute Gasteiger partial charge is 0.475 e. The Morgan fingerprint density at radius 1 is 1.48 bits per heavy atom. The van der Waals surface area contributed by atoms with Crippen molar-refractivity contribution in [1.29, 1.82) is 0 Å². The lowest BCUT2D eigenvalue weighted by Gasteiger charge is -2.22. The van der Waals surface area contributed by atoms with Gasteiger partial charge in [0.2, 0.25) is 5.88 Å². The second kappa shape index (κ2) is 9.60. The van der Waals surface area contributed by atoms with E-state index in [1.807, 2.05) is 10.9 Å². The Morgan fingerprint density at radius 2 is 2.36 bits per heavy atom. The molecule has 9 heteroatoms. The first-order valence-corrected chi connectivity index (χ1v) is 8.39. The van der Waals surface area contributed by atoms with Gasteiger partial charge in [0.25, 0.3) is 5.91 Å². The van der Waals surface area contributed by atoms with Crippen LogP contribution in [0.3, 0.4) is 0 Å². The third-order valence-corrected chi connectivity index (χ3v) is 4.12. The van der Waals surface area contributed by atoms with Crippen LogP contribution in [-0.4, -0.2) is 46.9 Å². The summed E-state index contributed by atoms with van der Waals surface area (Å²) in [5, 5.41) is 10.9. The van der Waals surface area contributed by atoms with Crippen LogP contribution in [0.2, 0.25) is 5.02 Å². The van der Waals surface area contributed by atoms with Crippen LogP contribution >= 0.6 is 24.0 Å². The molecule has 2 aromatic heterocycles. The third-order valence-electron chi connectivity index (χ3n) is 3.84. The van der Waals surface area contributed by atoms with E-state index in [9.17, 15) is 4.79 Å². The Balaban J connectivity index is 0.00000225. The summed E-state index contributed by atoms with van der Waals surface area (Å²) in [5.74, 6) is 0.149. The van der Waals surface area contributed by atoms with Crippen molar-refractivity contribution in [2.24, 2.45) is 0 Å². The first-order chi connectivity index (χ1) is 11.7. The monoisotopic (exact) mass is 385 g/mol. The molecular formula is C16H21Cl2N5O2. The van der Waals surface area contributed by atoms with Crippen molar-refractivity contribution < 1.29 is 9.53 Å². The molecule has 1 saturated heterocycles. The Morgan fingerprint density at radius 3 is 3.12 bits per heavy atom. The van der Waals surface area contributed by atoms with Crippen LogP contribution in [0.25, 0.3) is 0 Å². The minimum absolute atomic E-state index is 0. The highest BCUT2D eigenvalue weighted by Gasteiger charge is 2.17. The zero-order chi connectivity index (χ0) is 16.8. The van der Waals surface area contributed by atoms with Crippen LogP contribution in [0.5, 0.6) is 5.88 Å². The Kier molecular flexibility index (Phi) is 7.49. The van der Waals surface area contributed by atoms with Gasteiger partial charge in [0.05, 0.1) is 12.6 Å². The van der Waals surface area contributed by atoms with E-state index in [2.05, 4.69) is 20.7 Å². The molecular weight excluding hydrogens is 365 g/mol. The van der Waals surface area contributed by atoms with Gasteiger partial charge < -0.3 is 15.4 Å². The van der Waals surface area contributed by atoms with Gasteiger partial charge in [-0.15, -0.1) is 12.4 Å². The quantitative estimate of drug-likeness (QED) is 0.744. The lowest BCUT2D eigenvalue weighted by atomic mass is 10.1. The number of hydrogen-bond acceptors (Lipinski definition) is 5. The number of hydrogen-bond donors (Lipinski definition) is 2. The molecule has 1 fully saturated rings. The number of ether oxygens (including phenoxy) is 1. The Labute approximate surface area is 157 Å². The van der Waals surface area contributed by atoms with Gasteiger partial charge in [-0.3, -0.25) is 9.48 Å². The molecule has 1 amide bonds. The van der Waals surface area contributed by atoms with Crippen LogP contribution < -0.4 is 15.4 Å². The summed E-state index contributed by atoms with van der Waals surface area (Å²) in [6.07, 6.45) is 5.66. The predicted octanol–water partition coefficient (Wildman–Crippen LogP) is 2.09. The zero-order valence-electron chi connectivity index (χ0n) is 13.7. The second-order valence-electron chi connectivity index (χ2n) is 5.58. The van der Waals surface area contributed by atoms with E-state index in [-0.39, 0.29) is 24.9 Å². The fourth-order valence-electron chi connectivity index (χ4n) is 2.60. The highest BCUT2D eigenvalue weighted by atomic mass is 35.5. The SMILES string of the molecule is Cl.O=C(NCCOc1ncccc1Cl)c1ccn(C2CCCNC2)n1. The van der Waals surface area contributed by atoms with E-state index in [0.29, 0.717) is 29.2 Å². The minimum Gasteiger partial charge on any atom is -0.475 e. The van der Waals surface area contributed by atoms with Gasteiger partial charge in [-0.1, -0.05) is 11.6 Å². The molecule has 1 aliphatic heterocycles. The average molecular weight is 386 g/mol. The fraction of sp³-hybridized carbons (Fsp3) is 0.438. The molecule has 0 saturated carbocycles. The Bertz CT molecular complexity index is 689. The summed E-state index contributed by atoms with van der Waals surface area (Å²) >= 11 is 5.95. The predicted molar refractivity (Wildman–Crippen MR) is 97.7 cm³/mol. The van der Waals surface area contributed by atoms with Gasteiger partial charge in [-0.2, -0.15) is 5.10 Å². The molecule has 136 valence electrons. The third kappa shape index (κ3) is 5.32. The molecule has 3 heterocycles. The first-order valence-electron chi connectivity index (χ1n) is 8.01. The number of piperidine rings is 1. The fourth-order valence-corrected chi connectivity index (χ4v) is 2.78. The number of carbonyl (C=O) groups excluding carboxylic acids is 1. The molecule has 0 aromatic carbocycles. The van der Waals surface area contributed by atoms with E-state index in [0.717, 1.165) is 25.9 Å². The summed E-state index contributed by atoms with van der Waals surface area (Å²) in [6.45, 7) is 2.58. The van der Waals surface area contributed by atoms with Crippen molar-refractivity contribution in [3.05, 3.63) is 41.3 Å². The summed E-state index contributed by atoms with van der Waals surface area (Å²) < 4.78 is 7.30. The molecule has 1 atom stereocenters. The number of amides is 1. The zero-order valence-corrected chi connectivity index (χ0v) is 15.2. The summed E-state index contributed by atoms with van der Waals surface area (Å²) in [4.78, 5) is 16.1. The van der Waals surface area contributed by atoms with Gasteiger partial charge >= 0.3 is 0 Å². The number of rotatable bonds is 6. The van der Waals surface area contributed by atoms with Crippen LogP contribution in [0, 0.1) is 0 Å². The number of carbonyl (C=O) groups is 1. The molecule has 3 rings (SSSR count). The van der Waals surface area contributed by atoms with Gasteiger partial charge in [0, 0.05) is 18.9 Å². The summed E-state index contributed by atoms with van der Waals surface area (Å²) in [7, 11) is 0.